The predicted octanol–water partition coefficient (Wildman–Crippen LogP) is 4.97. The average molecular weight is 323 g/mol. The Hall–Kier alpha value is -3.33. The summed E-state index contributed by atoms with van der Waals surface area (Å²) in [4.78, 5) is 4.89. The van der Waals surface area contributed by atoms with Crippen LogP contribution in [-0.4, -0.2) is 9.55 Å². The van der Waals surface area contributed by atoms with Crippen molar-refractivity contribution in [2.24, 2.45) is 0 Å². The zero-order chi connectivity index (χ0) is 16.8. The zero-order valence-electron chi connectivity index (χ0n) is 13.7. The third kappa shape index (κ3) is 2.17. The van der Waals surface area contributed by atoms with Crippen LogP contribution in [0.15, 0.2) is 79.0 Å². The summed E-state index contributed by atoms with van der Waals surface area (Å²) in [6, 6.07) is 24.9. The molecule has 5 rings (SSSR count). The minimum absolute atomic E-state index is 0.804. The molecule has 0 unspecified atom stereocenters. The van der Waals surface area contributed by atoms with E-state index in [4.69, 9.17) is 10.7 Å². The highest BCUT2D eigenvalue weighted by Crippen LogP contribution is 2.33. The molecule has 3 heteroatoms. The van der Waals surface area contributed by atoms with Gasteiger partial charge in [-0.05, 0) is 29.8 Å². The molecule has 0 aliphatic rings. The van der Waals surface area contributed by atoms with Gasteiger partial charge in [-0.15, -0.1) is 0 Å². The average Bonchev–Trinajstić information content (AvgIpc) is 3.06. The monoisotopic (exact) mass is 323 g/mol. The first-order valence-electron chi connectivity index (χ1n) is 8.41. The maximum atomic E-state index is 6.43. The van der Waals surface area contributed by atoms with E-state index in [0.717, 1.165) is 39.4 Å². The number of pyridine rings is 1. The lowest BCUT2D eigenvalue weighted by Gasteiger charge is -2.09. The Bertz CT molecular complexity index is 1220. The molecular weight excluding hydrogens is 306 g/mol. The number of anilines is 1. The summed E-state index contributed by atoms with van der Waals surface area (Å²) in [5.41, 5.74) is 11.6. The summed E-state index contributed by atoms with van der Waals surface area (Å²) in [7, 11) is 0. The van der Waals surface area contributed by atoms with E-state index in [1.54, 1.807) is 0 Å². The van der Waals surface area contributed by atoms with Crippen molar-refractivity contribution in [2.45, 2.75) is 6.54 Å². The zero-order valence-corrected chi connectivity index (χ0v) is 13.7. The minimum Gasteiger partial charge on any atom is -0.398 e. The van der Waals surface area contributed by atoms with Crippen molar-refractivity contribution < 1.29 is 0 Å². The Morgan fingerprint density at radius 2 is 1.56 bits per heavy atom. The number of nitrogens with two attached hydrogens (primary N) is 1. The van der Waals surface area contributed by atoms with Gasteiger partial charge < -0.3 is 10.3 Å². The maximum Gasteiger partial charge on any atom is 0.0824 e. The standard InChI is InChI=1S/C22H17N3/c23-21-16-8-4-5-9-19(16)24-22-17-12-13-25(20(17)11-10-18(21)22)14-15-6-2-1-3-7-15/h1-13H,14H2,(H2,23,24). The fourth-order valence-corrected chi connectivity index (χ4v) is 3.58. The Balaban J connectivity index is 1.76. The van der Waals surface area contributed by atoms with E-state index in [0.29, 0.717) is 0 Å². The highest BCUT2D eigenvalue weighted by atomic mass is 15.0. The molecule has 2 N–H and O–H groups in total. The van der Waals surface area contributed by atoms with Gasteiger partial charge >= 0.3 is 0 Å². The predicted molar refractivity (Wildman–Crippen MR) is 105 cm³/mol. The van der Waals surface area contributed by atoms with Gasteiger partial charge in [0.25, 0.3) is 0 Å². The molecule has 0 saturated heterocycles. The third-order valence-electron chi connectivity index (χ3n) is 4.84. The first-order chi connectivity index (χ1) is 12.3. The van der Waals surface area contributed by atoms with Crippen LogP contribution in [0.5, 0.6) is 0 Å². The Kier molecular flexibility index (Phi) is 3.01. The second-order valence-electron chi connectivity index (χ2n) is 6.37. The van der Waals surface area contributed by atoms with E-state index < -0.39 is 0 Å². The van der Waals surface area contributed by atoms with Crippen LogP contribution in [0.1, 0.15) is 5.56 Å². The second-order valence-corrected chi connectivity index (χ2v) is 6.37. The van der Waals surface area contributed by atoms with Crippen molar-refractivity contribution in [3.63, 3.8) is 0 Å². The molecule has 5 aromatic rings. The fraction of sp³-hybridized carbons (Fsp3) is 0.0455. The van der Waals surface area contributed by atoms with Gasteiger partial charge in [0, 0.05) is 28.9 Å². The summed E-state index contributed by atoms with van der Waals surface area (Å²) in [6.45, 7) is 0.846. The van der Waals surface area contributed by atoms with Crippen LogP contribution in [-0.2, 0) is 6.54 Å². The van der Waals surface area contributed by atoms with Crippen molar-refractivity contribution in [2.75, 3.05) is 5.73 Å². The summed E-state index contributed by atoms with van der Waals surface area (Å²) in [6.07, 6.45) is 2.13. The number of aromatic nitrogens is 2. The van der Waals surface area contributed by atoms with Gasteiger partial charge in [0.05, 0.1) is 22.2 Å². The topological polar surface area (TPSA) is 43.8 Å². The number of hydrogen-bond acceptors (Lipinski definition) is 2. The lowest BCUT2D eigenvalue weighted by molar-refractivity contribution is 0.837. The molecule has 3 aromatic carbocycles. The normalized spacial score (nSPS) is 11.5. The highest BCUT2D eigenvalue weighted by molar-refractivity contribution is 6.14. The van der Waals surface area contributed by atoms with Crippen molar-refractivity contribution in [1.82, 2.24) is 9.55 Å². The number of nitrogens with zero attached hydrogens (tertiary/aromatic N) is 2. The summed E-state index contributed by atoms with van der Waals surface area (Å²) >= 11 is 0. The van der Waals surface area contributed by atoms with Gasteiger partial charge in [-0.3, -0.25) is 0 Å². The molecule has 2 heterocycles. The molecule has 0 aliphatic carbocycles. The summed E-state index contributed by atoms with van der Waals surface area (Å²) in [5, 5.41) is 3.17. The molecule has 25 heavy (non-hydrogen) atoms. The van der Waals surface area contributed by atoms with E-state index in [-0.39, 0.29) is 0 Å². The largest absolute Gasteiger partial charge is 0.398 e. The molecule has 0 amide bonds. The summed E-state index contributed by atoms with van der Waals surface area (Å²) in [5.74, 6) is 0. The van der Waals surface area contributed by atoms with Crippen LogP contribution in [0, 0.1) is 0 Å². The fourth-order valence-electron chi connectivity index (χ4n) is 3.58. The van der Waals surface area contributed by atoms with Gasteiger partial charge in [0.15, 0.2) is 0 Å². The second kappa shape index (κ2) is 5.35. The number of hydrogen-bond donors (Lipinski definition) is 1. The number of rotatable bonds is 2. The molecule has 0 radical (unpaired) electrons. The van der Waals surface area contributed by atoms with Gasteiger partial charge in [-0.25, -0.2) is 4.98 Å². The summed E-state index contributed by atoms with van der Waals surface area (Å²) < 4.78 is 2.26. The van der Waals surface area contributed by atoms with Gasteiger partial charge in [0.1, 0.15) is 0 Å². The number of para-hydroxylation sites is 1. The third-order valence-corrected chi connectivity index (χ3v) is 4.84. The molecule has 0 saturated carbocycles. The lowest BCUT2D eigenvalue weighted by Crippen LogP contribution is -1.98. The van der Waals surface area contributed by atoms with Gasteiger partial charge in [-0.1, -0.05) is 48.5 Å². The minimum atomic E-state index is 0.804. The Labute approximate surface area is 145 Å². The van der Waals surface area contributed by atoms with Gasteiger partial charge in [-0.2, -0.15) is 0 Å². The number of fused-ring (bicyclic) bond motifs is 4. The first-order valence-corrected chi connectivity index (χ1v) is 8.41. The molecule has 0 bridgehead atoms. The number of benzene rings is 3. The smallest absolute Gasteiger partial charge is 0.0824 e. The Morgan fingerprint density at radius 3 is 2.44 bits per heavy atom. The lowest BCUT2D eigenvalue weighted by atomic mass is 10.1. The van der Waals surface area contributed by atoms with Crippen molar-refractivity contribution in [1.29, 1.82) is 0 Å². The number of nitrogen functional groups attached to an aromatic ring is 1. The van der Waals surface area contributed by atoms with Crippen LogP contribution in [0.4, 0.5) is 5.69 Å². The highest BCUT2D eigenvalue weighted by Gasteiger charge is 2.11. The van der Waals surface area contributed by atoms with Crippen LogP contribution in [0.3, 0.4) is 0 Å². The Morgan fingerprint density at radius 1 is 0.760 bits per heavy atom. The van der Waals surface area contributed by atoms with Crippen LogP contribution in [0.2, 0.25) is 0 Å². The quantitative estimate of drug-likeness (QED) is 0.466. The first kappa shape index (κ1) is 14.1. The van der Waals surface area contributed by atoms with Crippen molar-refractivity contribution >= 4 is 38.4 Å². The van der Waals surface area contributed by atoms with E-state index in [1.165, 1.54) is 11.1 Å². The van der Waals surface area contributed by atoms with Crippen LogP contribution >= 0.6 is 0 Å². The van der Waals surface area contributed by atoms with E-state index >= 15 is 0 Å². The molecule has 2 aromatic heterocycles. The molecule has 0 atom stereocenters. The molecule has 120 valence electrons. The molecule has 0 aliphatic heterocycles. The van der Waals surface area contributed by atoms with Crippen molar-refractivity contribution in [3.8, 4) is 0 Å². The van der Waals surface area contributed by atoms with E-state index in [2.05, 4.69) is 53.2 Å². The molecule has 0 fully saturated rings. The van der Waals surface area contributed by atoms with Crippen molar-refractivity contribution in [3.05, 3.63) is 84.6 Å². The maximum absolute atomic E-state index is 6.43. The molecular formula is C22H17N3. The SMILES string of the molecule is Nc1c2ccccc2nc2c1ccc1c2ccn1Cc1ccccc1. The van der Waals surface area contributed by atoms with E-state index in [1.807, 2.05) is 30.3 Å². The van der Waals surface area contributed by atoms with Crippen LogP contribution < -0.4 is 5.73 Å². The van der Waals surface area contributed by atoms with E-state index in [9.17, 15) is 0 Å². The molecule has 3 nitrogen and oxygen atoms in total. The van der Waals surface area contributed by atoms with Crippen LogP contribution in [0.25, 0.3) is 32.7 Å². The van der Waals surface area contributed by atoms with Gasteiger partial charge in [0.2, 0.25) is 0 Å². The molecule has 0 spiro atoms.